The summed E-state index contributed by atoms with van der Waals surface area (Å²) in [4.78, 5) is 21.9. The van der Waals surface area contributed by atoms with Crippen LogP contribution in [0.1, 0.15) is 13.8 Å². The Morgan fingerprint density at radius 3 is 2.45 bits per heavy atom. The lowest BCUT2D eigenvalue weighted by Gasteiger charge is -2.19. The number of carbonyl (C=O) groups excluding carboxylic acids is 1. The summed E-state index contributed by atoms with van der Waals surface area (Å²) in [7, 11) is -2.48. The van der Waals surface area contributed by atoms with Gasteiger partial charge >= 0.3 is 5.97 Å². The molecular formula is C13H17BrN2O5S. The zero-order chi connectivity index (χ0) is 17.1. The summed E-state index contributed by atoms with van der Waals surface area (Å²) in [6.07, 6.45) is 0. The largest absolute Gasteiger partial charge is 0.481 e. The molecule has 0 spiro atoms. The number of carboxylic acid groups (broad SMARTS) is 1. The van der Waals surface area contributed by atoms with E-state index in [4.69, 9.17) is 5.11 Å². The van der Waals surface area contributed by atoms with Crippen LogP contribution in [0.3, 0.4) is 0 Å². The molecule has 1 unspecified atom stereocenters. The summed E-state index contributed by atoms with van der Waals surface area (Å²) < 4.78 is 26.2. The van der Waals surface area contributed by atoms with E-state index in [2.05, 4.69) is 21.2 Å². The standard InChI is InChI=1S/C13H17BrN2O5S/c1-8(13(18)19)7-16(3)22(20,21)10-4-5-12(11(14)6-10)15-9(2)17/h4-6,8H,7H2,1-3H3,(H,15,17)(H,18,19). The average Bonchev–Trinajstić information content (AvgIpc) is 2.40. The van der Waals surface area contributed by atoms with E-state index in [1.807, 2.05) is 0 Å². The first-order chi connectivity index (χ1) is 10.1. The minimum absolute atomic E-state index is 0.00793. The molecule has 0 radical (unpaired) electrons. The second kappa shape index (κ2) is 7.21. The molecule has 0 aromatic heterocycles. The van der Waals surface area contributed by atoms with Crippen LogP contribution in [0.25, 0.3) is 0 Å². The van der Waals surface area contributed by atoms with E-state index in [9.17, 15) is 18.0 Å². The Balaban J connectivity index is 3.05. The molecule has 0 aliphatic heterocycles. The van der Waals surface area contributed by atoms with E-state index < -0.39 is 21.9 Å². The van der Waals surface area contributed by atoms with Crippen molar-refractivity contribution < 1.29 is 23.1 Å². The summed E-state index contributed by atoms with van der Waals surface area (Å²) in [5, 5.41) is 11.4. The number of amides is 1. The van der Waals surface area contributed by atoms with Crippen LogP contribution in [-0.4, -0.2) is 43.3 Å². The van der Waals surface area contributed by atoms with Gasteiger partial charge in [-0.2, -0.15) is 0 Å². The van der Waals surface area contributed by atoms with E-state index in [-0.39, 0.29) is 17.3 Å². The summed E-state index contributed by atoms with van der Waals surface area (Å²) in [5.74, 6) is -2.16. The fourth-order valence-electron chi connectivity index (χ4n) is 1.69. The number of halogens is 1. The molecule has 2 N–H and O–H groups in total. The van der Waals surface area contributed by atoms with Crippen LogP contribution in [-0.2, 0) is 19.6 Å². The van der Waals surface area contributed by atoms with E-state index in [1.54, 1.807) is 0 Å². The number of nitrogens with zero attached hydrogens (tertiary/aromatic N) is 1. The fraction of sp³-hybridized carbons (Fsp3) is 0.385. The molecule has 0 saturated carbocycles. The number of benzene rings is 1. The van der Waals surface area contributed by atoms with Gasteiger partial charge in [0.15, 0.2) is 0 Å². The summed E-state index contributed by atoms with van der Waals surface area (Å²) >= 11 is 3.20. The Morgan fingerprint density at radius 2 is 2.00 bits per heavy atom. The first kappa shape index (κ1) is 18.6. The van der Waals surface area contributed by atoms with Crippen LogP contribution in [0.15, 0.2) is 27.6 Å². The molecule has 1 aromatic rings. The maximum atomic E-state index is 12.4. The third-order valence-electron chi connectivity index (χ3n) is 2.91. The van der Waals surface area contributed by atoms with Crippen molar-refractivity contribution in [2.24, 2.45) is 5.92 Å². The van der Waals surface area contributed by atoms with Crippen molar-refractivity contribution in [2.45, 2.75) is 18.7 Å². The minimum atomic E-state index is -3.81. The molecule has 0 aliphatic carbocycles. The lowest BCUT2D eigenvalue weighted by Crippen LogP contribution is -2.33. The fourth-order valence-corrected chi connectivity index (χ4v) is 3.61. The van der Waals surface area contributed by atoms with Crippen LogP contribution in [0.4, 0.5) is 5.69 Å². The Bertz CT molecular complexity index is 690. The lowest BCUT2D eigenvalue weighted by molar-refractivity contribution is -0.141. The number of carbonyl (C=O) groups is 2. The van der Waals surface area contributed by atoms with Crippen molar-refractivity contribution in [2.75, 3.05) is 18.9 Å². The monoisotopic (exact) mass is 392 g/mol. The summed E-state index contributed by atoms with van der Waals surface area (Å²) in [6.45, 7) is 2.64. The third-order valence-corrected chi connectivity index (χ3v) is 5.39. The first-order valence-corrected chi connectivity index (χ1v) is 8.55. The molecule has 0 bridgehead atoms. The van der Waals surface area contributed by atoms with Gasteiger partial charge in [0.25, 0.3) is 0 Å². The van der Waals surface area contributed by atoms with E-state index in [0.29, 0.717) is 10.2 Å². The molecular weight excluding hydrogens is 376 g/mol. The maximum absolute atomic E-state index is 12.4. The van der Waals surface area contributed by atoms with Crippen LogP contribution < -0.4 is 5.32 Å². The highest BCUT2D eigenvalue weighted by atomic mass is 79.9. The molecule has 1 aromatic carbocycles. The molecule has 1 atom stereocenters. The first-order valence-electron chi connectivity index (χ1n) is 6.32. The van der Waals surface area contributed by atoms with Crippen LogP contribution in [0, 0.1) is 5.92 Å². The zero-order valence-corrected chi connectivity index (χ0v) is 14.7. The van der Waals surface area contributed by atoms with Gasteiger partial charge in [0.1, 0.15) is 0 Å². The number of sulfonamides is 1. The van der Waals surface area contributed by atoms with E-state index in [1.165, 1.54) is 39.1 Å². The highest BCUT2D eigenvalue weighted by Gasteiger charge is 2.25. The summed E-state index contributed by atoms with van der Waals surface area (Å²) in [6, 6.07) is 4.18. The van der Waals surface area contributed by atoms with Crippen molar-refractivity contribution in [3.63, 3.8) is 0 Å². The Hall–Kier alpha value is -1.45. The predicted octanol–water partition coefficient (Wildman–Crippen LogP) is 1.75. The number of aliphatic carboxylic acids is 1. The second-order valence-electron chi connectivity index (χ2n) is 4.85. The van der Waals surface area contributed by atoms with Gasteiger partial charge in [-0.25, -0.2) is 12.7 Å². The number of anilines is 1. The van der Waals surface area contributed by atoms with Gasteiger partial charge < -0.3 is 10.4 Å². The normalized spacial score (nSPS) is 13.0. The van der Waals surface area contributed by atoms with Gasteiger partial charge in [-0.1, -0.05) is 6.92 Å². The SMILES string of the molecule is CC(=O)Nc1ccc(S(=O)(=O)N(C)CC(C)C(=O)O)cc1Br. The lowest BCUT2D eigenvalue weighted by atomic mass is 10.2. The molecule has 7 nitrogen and oxygen atoms in total. The molecule has 0 saturated heterocycles. The van der Waals surface area contributed by atoms with E-state index >= 15 is 0 Å². The van der Waals surface area contributed by atoms with Crippen molar-refractivity contribution in [3.8, 4) is 0 Å². The average molecular weight is 393 g/mol. The van der Waals surface area contributed by atoms with Crippen molar-refractivity contribution in [3.05, 3.63) is 22.7 Å². The molecule has 22 heavy (non-hydrogen) atoms. The smallest absolute Gasteiger partial charge is 0.307 e. The number of rotatable bonds is 6. The van der Waals surface area contributed by atoms with Gasteiger partial charge in [0, 0.05) is 25.0 Å². The van der Waals surface area contributed by atoms with E-state index in [0.717, 1.165) is 4.31 Å². The van der Waals surface area contributed by atoms with Crippen LogP contribution in [0.2, 0.25) is 0 Å². The summed E-state index contributed by atoms with van der Waals surface area (Å²) in [5.41, 5.74) is 0.452. The topological polar surface area (TPSA) is 104 Å². The number of carboxylic acids is 1. The second-order valence-corrected chi connectivity index (χ2v) is 7.75. The Morgan fingerprint density at radius 1 is 1.41 bits per heavy atom. The van der Waals surface area contributed by atoms with Crippen molar-refractivity contribution >= 4 is 43.5 Å². The minimum Gasteiger partial charge on any atom is -0.481 e. The van der Waals surface area contributed by atoms with Crippen LogP contribution in [0.5, 0.6) is 0 Å². The van der Waals surface area contributed by atoms with Gasteiger partial charge in [0.2, 0.25) is 15.9 Å². The van der Waals surface area contributed by atoms with Crippen LogP contribution >= 0.6 is 15.9 Å². The molecule has 9 heteroatoms. The van der Waals surface area contributed by atoms with Gasteiger partial charge in [0.05, 0.1) is 16.5 Å². The predicted molar refractivity (Wildman–Crippen MR) is 85.1 cm³/mol. The third kappa shape index (κ3) is 4.52. The molecule has 1 amide bonds. The molecule has 0 aliphatic rings. The van der Waals surface area contributed by atoms with Crippen molar-refractivity contribution in [1.29, 1.82) is 0 Å². The van der Waals surface area contributed by atoms with Gasteiger partial charge in [-0.05, 0) is 34.1 Å². The number of hydrogen-bond donors (Lipinski definition) is 2. The Kier molecular flexibility index (Phi) is 6.09. The highest BCUT2D eigenvalue weighted by Crippen LogP contribution is 2.27. The quantitative estimate of drug-likeness (QED) is 0.767. The van der Waals surface area contributed by atoms with Gasteiger partial charge in [-0.15, -0.1) is 0 Å². The Labute approximate surface area is 137 Å². The molecule has 1 rings (SSSR count). The number of hydrogen-bond acceptors (Lipinski definition) is 4. The van der Waals surface area contributed by atoms with Crippen molar-refractivity contribution in [1.82, 2.24) is 4.31 Å². The number of nitrogens with one attached hydrogen (secondary N) is 1. The molecule has 0 fully saturated rings. The maximum Gasteiger partial charge on any atom is 0.307 e. The molecule has 122 valence electrons. The molecule has 0 heterocycles. The van der Waals surface area contributed by atoms with Gasteiger partial charge in [-0.3, -0.25) is 9.59 Å². The zero-order valence-electron chi connectivity index (χ0n) is 12.3. The highest BCUT2D eigenvalue weighted by molar-refractivity contribution is 9.10.